The highest BCUT2D eigenvalue weighted by atomic mass is 32.1. The zero-order chi connectivity index (χ0) is 12.3. The Bertz CT molecular complexity index is 353. The predicted octanol–water partition coefficient (Wildman–Crippen LogP) is 0.936. The van der Waals surface area contributed by atoms with Crippen molar-refractivity contribution in [2.75, 3.05) is 19.6 Å². The fourth-order valence-electron chi connectivity index (χ4n) is 1.97. The molecule has 0 radical (unpaired) electrons. The van der Waals surface area contributed by atoms with Crippen LogP contribution in [0.25, 0.3) is 0 Å². The molecule has 0 aromatic carbocycles. The van der Waals surface area contributed by atoms with Gasteiger partial charge in [0.1, 0.15) is 5.01 Å². The van der Waals surface area contributed by atoms with Crippen LogP contribution in [0, 0.1) is 5.92 Å². The Hall–Kier alpha value is -0.490. The number of nitrogens with one attached hydrogen (secondary N) is 2. The number of hydrogen-bond donors (Lipinski definition) is 3. The minimum Gasteiger partial charge on any atom is -0.391 e. The zero-order valence-electron chi connectivity index (χ0n) is 10.4. The highest BCUT2D eigenvalue weighted by Crippen LogP contribution is 2.21. The Morgan fingerprint density at radius 2 is 2.41 bits per heavy atom. The van der Waals surface area contributed by atoms with Gasteiger partial charge in [0.2, 0.25) is 0 Å². The van der Waals surface area contributed by atoms with Crippen molar-refractivity contribution in [1.82, 2.24) is 15.6 Å². The third kappa shape index (κ3) is 3.48. The number of aliphatic hydroxyl groups excluding tert-OH is 1. The number of aromatic nitrogens is 1. The molecule has 1 fully saturated rings. The van der Waals surface area contributed by atoms with Gasteiger partial charge in [0.15, 0.2) is 0 Å². The molecule has 5 heteroatoms. The Balaban J connectivity index is 1.74. The summed E-state index contributed by atoms with van der Waals surface area (Å²) in [5, 5.41) is 17.3. The molecule has 4 nitrogen and oxygen atoms in total. The van der Waals surface area contributed by atoms with Crippen LogP contribution < -0.4 is 10.6 Å². The largest absolute Gasteiger partial charge is 0.391 e. The summed E-state index contributed by atoms with van der Waals surface area (Å²) in [5.41, 5.74) is 0. The summed E-state index contributed by atoms with van der Waals surface area (Å²) in [6.45, 7) is 7.66. The van der Waals surface area contributed by atoms with Gasteiger partial charge >= 0.3 is 0 Å². The van der Waals surface area contributed by atoms with E-state index >= 15 is 0 Å². The highest BCUT2D eigenvalue weighted by molar-refractivity contribution is 7.11. The summed E-state index contributed by atoms with van der Waals surface area (Å²) in [4.78, 5) is 5.74. The van der Waals surface area contributed by atoms with E-state index in [1.807, 2.05) is 6.20 Å². The van der Waals surface area contributed by atoms with Gasteiger partial charge in [0, 0.05) is 43.2 Å². The minimum absolute atomic E-state index is 0.204. The average Bonchev–Trinajstić information content (AvgIpc) is 2.89. The van der Waals surface area contributed by atoms with E-state index in [4.69, 9.17) is 0 Å². The van der Waals surface area contributed by atoms with Crippen molar-refractivity contribution in [2.24, 2.45) is 5.92 Å². The quantitative estimate of drug-likeness (QED) is 0.733. The smallest absolute Gasteiger partial charge is 0.107 e. The highest BCUT2D eigenvalue weighted by Gasteiger charge is 2.24. The molecule has 1 saturated heterocycles. The molecule has 2 rings (SSSR count). The van der Waals surface area contributed by atoms with Crippen molar-refractivity contribution in [2.45, 2.75) is 32.4 Å². The van der Waals surface area contributed by atoms with E-state index in [1.165, 1.54) is 4.88 Å². The summed E-state index contributed by atoms with van der Waals surface area (Å²) in [6, 6.07) is 0. The van der Waals surface area contributed by atoms with Gasteiger partial charge in [-0.3, -0.25) is 0 Å². The summed E-state index contributed by atoms with van der Waals surface area (Å²) in [7, 11) is 0. The van der Waals surface area contributed by atoms with Gasteiger partial charge in [-0.1, -0.05) is 13.8 Å². The Kier molecular flexibility index (Phi) is 4.50. The molecule has 17 heavy (non-hydrogen) atoms. The summed E-state index contributed by atoms with van der Waals surface area (Å²) < 4.78 is 0. The number of nitrogens with zero attached hydrogens (tertiary/aromatic N) is 1. The molecule has 0 aliphatic carbocycles. The lowest BCUT2D eigenvalue weighted by Crippen LogP contribution is -2.30. The topological polar surface area (TPSA) is 57.2 Å². The Morgan fingerprint density at radius 1 is 1.59 bits per heavy atom. The molecular formula is C12H21N3OS. The van der Waals surface area contributed by atoms with E-state index in [0.717, 1.165) is 31.2 Å². The maximum absolute atomic E-state index is 9.65. The second kappa shape index (κ2) is 5.91. The van der Waals surface area contributed by atoms with Crippen LogP contribution in [-0.2, 0) is 6.54 Å². The minimum atomic E-state index is -0.204. The maximum atomic E-state index is 9.65. The van der Waals surface area contributed by atoms with Crippen LogP contribution in [-0.4, -0.2) is 35.8 Å². The van der Waals surface area contributed by atoms with Crippen LogP contribution in [0.4, 0.5) is 0 Å². The van der Waals surface area contributed by atoms with Gasteiger partial charge in [0.05, 0.1) is 6.10 Å². The van der Waals surface area contributed by atoms with Gasteiger partial charge in [-0.25, -0.2) is 4.98 Å². The van der Waals surface area contributed by atoms with E-state index in [9.17, 15) is 5.11 Å². The molecule has 0 bridgehead atoms. The van der Waals surface area contributed by atoms with Gasteiger partial charge in [-0.15, -0.1) is 11.3 Å². The molecule has 1 aromatic rings. The van der Waals surface area contributed by atoms with E-state index in [-0.39, 0.29) is 6.10 Å². The normalized spacial score (nSPS) is 24.7. The number of hydrogen-bond acceptors (Lipinski definition) is 5. The summed E-state index contributed by atoms with van der Waals surface area (Å²) in [5.74, 6) is 0.890. The van der Waals surface area contributed by atoms with E-state index < -0.39 is 0 Å². The fourth-order valence-corrected chi connectivity index (χ4v) is 2.86. The van der Waals surface area contributed by atoms with Crippen molar-refractivity contribution in [3.8, 4) is 0 Å². The van der Waals surface area contributed by atoms with Gasteiger partial charge in [0.25, 0.3) is 0 Å². The van der Waals surface area contributed by atoms with Crippen molar-refractivity contribution in [3.05, 3.63) is 16.1 Å². The van der Waals surface area contributed by atoms with Crippen molar-refractivity contribution < 1.29 is 5.11 Å². The van der Waals surface area contributed by atoms with Crippen LogP contribution in [0.5, 0.6) is 0 Å². The molecule has 0 spiro atoms. The van der Waals surface area contributed by atoms with E-state index in [2.05, 4.69) is 29.5 Å². The number of aliphatic hydroxyl groups is 1. The Labute approximate surface area is 106 Å². The van der Waals surface area contributed by atoms with Crippen molar-refractivity contribution in [1.29, 1.82) is 0 Å². The van der Waals surface area contributed by atoms with Crippen LogP contribution in [0.15, 0.2) is 6.20 Å². The number of thiazole rings is 1. The average molecular weight is 255 g/mol. The number of rotatable bonds is 5. The second-order valence-corrected chi connectivity index (χ2v) is 6.07. The SMILES string of the molecule is CC(C)c1cnc(CNCC2CNCC2O)s1. The third-order valence-corrected chi connectivity index (χ3v) is 4.43. The summed E-state index contributed by atoms with van der Waals surface area (Å²) >= 11 is 1.77. The molecule has 2 heterocycles. The molecule has 96 valence electrons. The fraction of sp³-hybridized carbons (Fsp3) is 0.750. The lowest BCUT2D eigenvalue weighted by atomic mass is 10.1. The molecule has 3 N–H and O–H groups in total. The maximum Gasteiger partial charge on any atom is 0.107 e. The molecule has 0 saturated carbocycles. The number of β-amino-alcohol motifs (C(OH)–C–C–N with tert-alkyl or cyclic N) is 1. The second-order valence-electron chi connectivity index (χ2n) is 4.93. The predicted molar refractivity (Wildman–Crippen MR) is 70.3 cm³/mol. The van der Waals surface area contributed by atoms with Crippen LogP contribution in [0.1, 0.15) is 29.7 Å². The first-order chi connectivity index (χ1) is 8.16. The Morgan fingerprint density at radius 3 is 3.00 bits per heavy atom. The van der Waals surface area contributed by atoms with Gasteiger partial charge in [-0.2, -0.15) is 0 Å². The standard InChI is InChI=1S/C12H21N3OS/c1-8(2)11-6-15-12(17-11)7-14-4-9-3-13-5-10(9)16/h6,8-10,13-14,16H,3-5,7H2,1-2H3. The molecule has 0 amide bonds. The molecule has 1 aliphatic heterocycles. The van der Waals surface area contributed by atoms with Gasteiger partial charge < -0.3 is 15.7 Å². The lowest BCUT2D eigenvalue weighted by Gasteiger charge is -2.13. The van der Waals surface area contributed by atoms with Crippen LogP contribution in [0.3, 0.4) is 0 Å². The monoisotopic (exact) mass is 255 g/mol. The lowest BCUT2D eigenvalue weighted by molar-refractivity contribution is 0.146. The zero-order valence-corrected chi connectivity index (χ0v) is 11.3. The van der Waals surface area contributed by atoms with Crippen molar-refractivity contribution >= 4 is 11.3 Å². The molecule has 1 aromatic heterocycles. The van der Waals surface area contributed by atoms with Gasteiger partial charge in [-0.05, 0) is 5.92 Å². The molecule has 1 aliphatic rings. The first-order valence-electron chi connectivity index (χ1n) is 6.21. The molecular weight excluding hydrogens is 234 g/mol. The third-order valence-electron chi connectivity index (χ3n) is 3.13. The first kappa shape index (κ1) is 13.0. The molecule has 2 unspecified atom stereocenters. The van der Waals surface area contributed by atoms with Crippen LogP contribution in [0.2, 0.25) is 0 Å². The molecule has 2 atom stereocenters. The van der Waals surface area contributed by atoms with Crippen LogP contribution >= 0.6 is 11.3 Å². The van der Waals surface area contributed by atoms with E-state index in [0.29, 0.717) is 11.8 Å². The van der Waals surface area contributed by atoms with Crippen molar-refractivity contribution in [3.63, 3.8) is 0 Å². The first-order valence-corrected chi connectivity index (χ1v) is 7.02. The van der Waals surface area contributed by atoms with E-state index in [1.54, 1.807) is 11.3 Å². The summed E-state index contributed by atoms with van der Waals surface area (Å²) in [6.07, 6.45) is 1.77.